The Morgan fingerprint density at radius 2 is 2.04 bits per heavy atom. The number of hydrogen-bond acceptors (Lipinski definition) is 3. The maximum atomic E-state index is 6.16. The Labute approximate surface area is 192 Å². The largest absolute Gasteiger partial charge is 0.487 e. The van der Waals surface area contributed by atoms with E-state index >= 15 is 0 Å². The lowest BCUT2D eigenvalue weighted by molar-refractivity contribution is 0.220. The van der Waals surface area contributed by atoms with Crippen LogP contribution in [0.15, 0.2) is 41.4 Å². The topological polar surface area (TPSA) is 48.9 Å². The van der Waals surface area contributed by atoms with Gasteiger partial charge in [-0.25, -0.2) is 4.99 Å². The quantitative estimate of drug-likeness (QED) is 0.232. The highest BCUT2D eigenvalue weighted by molar-refractivity contribution is 14.0. The van der Waals surface area contributed by atoms with Gasteiger partial charge in [0.05, 0.1) is 11.6 Å². The summed E-state index contributed by atoms with van der Waals surface area (Å²) in [5.74, 6) is 1.55. The third kappa shape index (κ3) is 9.01. The molecule has 0 aliphatic carbocycles. The van der Waals surface area contributed by atoms with Crippen molar-refractivity contribution in [2.24, 2.45) is 4.99 Å². The molecule has 0 saturated carbocycles. The summed E-state index contributed by atoms with van der Waals surface area (Å²) in [6.07, 6.45) is 2.17. The monoisotopic (exact) mass is 520 g/mol. The fraction of sp³-hybridized carbons (Fsp3) is 0.571. The molecule has 158 valence electrons. The Hall–Kier alpha value is -0.990. The number of aliphatic imine (C=N–C) groups is 1. The minimum absolute atomic E-state index is 0. The Bertz CT molecular complexity index is 633. The standard InChI is InChI=1S/C21H33ClN4O.HI/c1-5-23-21(25-18-10-12-26(13-11-18)15-16(2)3)24-14-17(4)27-20-9-7-6-8-19(20)22;/h6-9,17-18H,2,5,10-15H2,1,3-4H3,(H2,23,24,25);1H. The summed E-state index contributed by atoms with van der Waals surface area (Å²) in [7, 11) is 0. The molecule has 1 aliphatic heterocycles. The van der Waals surface area contributed by atoms with E-state index in [1.807, 2.05) is 31.2 Å². The normalized spacial score (nSPS) is 16.8. The molecule has 5 nitrogen and oxygen atoms in total. The van der Waals surface area contributed by atoms with E-state index in [1.165, 1.54) is 5.57 Å². The molecule has 2 rings (SSSR count). The summed E-state index contributed by atoms with van der Waals surface area (Å²) in [5, 5.41) is 7.53. The number of halogens is 2. The van der Waals surface area contributed by atoms with Gasteiger partial charge in [-0.2, -0.15) is 0 Å². The van der Waals surface area contributed by atoms with E-state index in [1.54, 1.807) is 0 Å². The molecule has 0 bridgehead atoms. The molecule has 1 fully saturated rings. The Balaban J connectivity index is 0.00000392. The van der Waals surface area contributed by atoms with E-state index in [0.717, 1.165) is 45.0 Å². The molecule has 0 radical (unpaired) electrons. The summed E-state index contributed by atoms with van der Waals surface area (Å²) in [5.41, 5.74) is 1.23. The first-order valence-corrected chi connectivity index (χ1v) is 10.2. The molecule has 0 amide bonds. The lowest BCUT2D eigenvalue weighted by Crippen LogP contribution is -2.49. The lowest BCUT2D eigenvalue weighted by Gasteiger charge is -2.33. The highest BCUT2D eigenvalue weighted by Crippen LogP contribution is 2.24. The second kappa shape index (κ2) is 13.3. The first-order chi connectivity index (χ1) is 13.0. The zero-order valence-corrected chi connectivity index (χ0v) is 20.3. The van der Waals surface area contributed by atoms with Gasteiger partial charge in [0, 0.05) is 32.2 Å². The van der Waals surface area contributed by atoms with E-state index in [4.69, 9.17) is 21.3 Å². The van der Waals surface area contributed by atoms with Crippen LogP contribution in [0.4, 0.5) is 0 Å². The third-order valence-corrected chi connectivity index (χ3v) is 4.75. The molecule has 1 heterocycles. The fourth-order valence-corrected chi connectivity index (χ4v) is 3.32. The van der Waals surface area contributed by atoms with Gasteiger partial charge in [0.2, 0.25) is 0 Å². The maximum absolute atomic E-state index is 6.16. The highest BCUT2D eigenvalue weighted by Gasteiger charge is 2.20. The van der Waals surface area contributed by atoms with E-state index in [9.17, 15) is 0 Å². The average Bonchev–Trinajstić information content (AvgIpc) is 2.63. The van der Waals surface area contributed by atoms with Crippen LogP contribution in [0.5, 0.6) is 5.75 Å². The molecule has 0 spiro atoms. The first-order valence-electron chi connectivity index (χ1n) is 9.80. The van der Waals surface area contributed by atoms with Crippen molar-refractivity contribution in [1.29, 1.82) is 0 Å². The first kappa shape index (κ1) is 25.0. The summed E-state index contributed by atoms with van der Waals surface area (Å²) in [4.78, 5) is 7.16. The molecule has 1 aliphatic rings. The zero-order chi connectivity index (χ0) is 19.6. The SMILES string of the molecule is C=C(C)CN1CCC(NC(=NCC(C)Oc2ccccc2Cl)NCC)CC1.I. The van der Waals surface area contributed by atoms with Gasteiger partial charge in [-0.05, 0) is 45.7 Å². The number of nitrogens with one attached hydrogen (secondary N) is 2. The van der Waals surface area contributed by atoms with Crippen LogP contribution in [0.2, 0.25) is 5.02 Å². The molecule has 28 heavy (non-hydrogen) atoms. The predicted octanol–water partition coefficient (Wildman–Crippen LogP) is 4.32. The number of rotatable bonds is 8. The van der Waals surface area contributed by atoms with Gasteiger partial charge in [-0.15, -0.1) is 24.0 Å². The number of hydrogen-bond donors (Lipinski definition) is 2. The van der Waals surface area contributed by atoms with Crippen LogP contribution in [0, 0.1) is 0 Å². The van der Waals surface area contributed by atoms with Crippen LogP contribution in [-0.2, 0) is 0 Å². The van der Waals surface area contributed by atoms with Gasteiger partial charge in [0.1, 0.15) is 11.9 Å². The summed E-state index contributed by atoms with van der Waals surface area (Å²) in [6, 6.07) is 7.98. The second-order valence-electron chi connectivity index (χ2n) is 7.23. The van der Waals surface area contributed by atoms with Gasteiger partial charge in [-0.1, -0.05) is 35.9 Å². The Morgan fingerprint density at radius 1 is 1.36 bits per heavy atom. The van der Waals surface area contributed by atoms with Crippen molar-refractivity contribution in [2.75, 3.05) is 32.7 Å². The van der Waals surface area contributed by atoms with E-state index in [-0.39, 0.29) is 30.1 Å². The van der Waals surface area contributed by atoms with Crippen LogP contribution >= 0.6 is 35.6 Å². The molecular weight excluding hydrogens is 487 g/mol. The predicted molar refractivity (Wildman–Crippen MR) is 130 cm³/mol. The van der Waals surface area contributed by atoms with Crippen molar-refractivity contribution in [3.8, 4) is 5.75 Å². The molecule has 1 unspecified atom stereocenters. The molecule has 7 heteroatoms. The van der Waals surface area contributed by atoms with Crippen LogP contribution in [0.1, 0.15) is 33.6 Å². The average molecular weight is 521 g/mol. The zero-order valence-electron chi connectivity index (χ0n) is 17.2. The minimum atomic E-state index is -0.0576. The van der Waals surface area contributed by atoms with E-state index in [0.29, 0.717) is 23.4 Å². The number of nitrogens with zero attached hydrogens (tertiary/aromatic N) is 2. The molecule has 2 N–H and O–H groups in total. The van der Waals surface area contributed by atoms with Crippen molar-refractivity contribution >= 4 is 41.5 Å². The van der Waals surface area contributed by atoms with Crippen LogP contribution in [0.25, 0.3) is 0 Å². The molecule has 1 aromatic rings. The number of ether oxygens (including phenoxy) is 1. The van der Waals surface area contributed by atoms with Gasteiger partial charge in [0.25, 0.3) is 0 Å². The van der Waals surface area contributed by atoms with Crippen molar-refractivity contribution in [3.63, 3.8) is 0 Å². The fourth-order valence-electron chi connectivity index (χ4n) is 3.14. The number of guanidine groups is 1. The van der Waals surface area contributed by atoms with Crippen LogP contribution < -0.4 is 15.4 Å². The van der Waals surface area contributed by atoms with Gasteiger partial charge in [-0.3, -0.25) is 4.90 Å². The molecule has 0 aromatic heterocycles. The maximum Gasteiger partial charge on any atom is 0.191 e. The Morgan fingerprint density at radius 3 is 2.64 bits per heavy atom. The number of benzene rings is 1. The highest BCUT2D eigenvalue weighted by atomic mass is 127. The van der Waals surface area contributed by atoms with Crippen LogP contribution in [-0.4, -0.2) is 55.7 Å². The lowest BCUT2D eigenvalue weighted by atomic mass is 10.0. The van der Waals surface area contributed by atoms with Gasteiger partial charge < -0.3 is 15.4 Å². The van der Waals surface area contributed by atoms with Crippen molar-refractivity contribution in [1.82, 2.24) is 15.5 Å². The molecular formula is C21H34ClIN4O. The second-order valence-corrected chi connectivity index (χ2v) is 7.64. The summed E-state index contributed by atoms with van der Waals surface area (Å²) >= 11 is 6.16. The molecule has 1 saturated heterocycles. The van der Waals surface area contributed by atoms with E-state index < -0.39 is 0 Å². The van der Waals surface area contributed by atoms with Crippen LogP contribution in [0.3, 0.4) is 0 Å². The molecule has 1 atom stereocenters. The minimum Gasteiger partial charge on any atom is -0.487 e. The smallest absolute Gasteiger partial charge is 0.191 e. The summed E-state index contributed by atoms with van der Waals surface area (Å²) in [6.45, 7) is 14.8. The summed E-state index contributed by atoms with van der Waals surface area (Å²) < 4.78 is 5.91. The number of para-hydroxylation sites is 1. The number of piperidine rings is 1. The van der Waals surface area contributed by atoms with E-state index in [2.05, 4.69) is 36.0 Å². The van der Waals surface area contributed by atoms with Crippen molar-refractivity contribution in [3.05, 3.63) is 41.4 Å². The number of likely N-dealkylation sites (tertiary alicyclic amines) is 1. The van der Waals surface area contributed by atoms with Gasteiger partial charge in [0.15, 0.2) is 5.96 Å². The van der Waals surface area contributed by atoms with Gasteiger partial charge >= 0.3 is 0 Å². The molecule has 1 aromatic carbocycles. The van der Waals surface area contributed by atoms with Crippen molar-refractivity contribution in [2.45, 2.75) is 45.8 Å². The Kier molecular flexibility index (Phi) is 11.9. The van der Waals surface area contributed by atoms with Crippen molar-refractivity contribution < 1.29 is 4.74 Å². The third-order valence-electron chi connectivity index (χ3n) is 4.44.